The molecular formula is C17H24N2O2. The second-order valence-corrected chi connectivity index (χ2v) is 6.18. The Kier molecular flexibility index (Phi) is 4.15. The molecule has 1 amide bonds. The summed E-state index contributed by atoms with van der Waals surface area (Å²) < 4.78 is 5.21. The van der Waals surface area contributed by atoms with E-state index >= 15 is 0 Å². The molecule has 0 aromatic heterocycles. The van der Waals surface area contributed by atoms with Crippen LogP contribution in [0.1, 0.15) is 50.1 Å². The lowest BCUT2D eigenvalue weighted by molar-refractivity contribution is -0.132. The van der Waals surface area contributed by atoms with E-state index in [2.05, 4.69) is 4.90 Å². The number of nitrogens with two attached hydrogens (primary N) is 1. The van der Waals surface area contributed by atoms with Crippen molar-refractivity contribution in [2.75, 3.05) is 7.11 Å². The van der Waals surface area contributed by atoms with E-state index in [4.69, 9.17) is 10.5 Å². The molecule has 1 heterocycles. The summed E-state index contributed by atoms with van der Waals surface area (Å²) in [6, 6.07) is 8.26. The van der Waals surface area contributed by atoms with Crippen LogP contribution in [0, 0.1) is 0 Å². The normalized spacial score (nSPS) is 27.1. The molecule has 4 heteroatoms. The molecule has 2 unspecified atom stereocenters. The van der Waals surface area contributed by atoms with Crippen LogP contribution in [0.2, 0.25) is 0 Å². The van der Waals surface area contributed by atoms with E-state index in [0.717, 1.165) is 24.2 Å². The number of ether oxygens (including phenoxy) is 1. The van der Waals surface area contributed by atoms with Crippen LogP contribution < -0.4 is 10.5 Å². The summed E-state index contributed by atoms with van der Waals surface area (Å²) >= 11 is 0. The maximum absolute atomic E-state index is 12.4. The standard InChI is InChI=1S/C17H24N2O2/c1-21-14-9-7-12(8-10-14)17-15(18)11-16(20)19(17)13-5-3-2-4-6-13/h7-10,13,15,17H,2-6,11,18H2,1H3. The van der Waals surface area contributed by atoms with Crippen molar-refractivity contribution in [3.63, 3.8) is 0 Å². The van der Waals surface area contributed by atoms with Crippen LogP contribution in [-0.4, -0.2) is 30.0 Å². The number of carbonyl (C=O) groups excluding carboxylic acids is 1. The molecule has 4 nitrogen and oxygen atoms in total. The number of carbonyl (C=O) groups is 1. The van der Waals surface area contributed by atoms with Gasteiger partial charge in [-0.25, -0.2) is 0 Å². The highest BCUT2D eigenvalue weighted by Gasteiger charge is 2.42. The molecular weight excluding hydrogens is 264 g/mol. The average Bonchev–Trinajstić information content (AvgIpc) is 2.82. The highest BCUT2D eigenvalue weighted by Crippen LogP contribution is 2.38. The Morgan fingerprint density at radius 1 is 1.14 bits per heavy atom. The number of hydrogen-bond acceptors (Lipinski definition) is 3. The first kappa shape index (κ1) is 14.4. The van der Waals surface area contributed by atoms with Gasteiger partial charge in [0.1, 0.15) is 5.75 Å². The van der Waals surface area contributed by atoms with Gasteiger partial charge in [0.15, 0.2) is 0 Å². The van der Waals surface area contributed by atoms with Crippen molar-refractivity contribution in [3.8, 4) is 5.75 Å². The van der Waals surface area contributed by atoms with Crippen LogP contribution in [-0.2, 0) is 4.79 Å². The van der Waals surface area contributed by atoms with Crippen molar-refractivity contribution < 1.29 is 9.53 Å². The molecule has 21 heavy (non-hydrogen) atoms. The fourth-order valence-electron chi connectivity index (χ4n) is 3.78. The van der Waals surface area contributed by atoms with Gasteiger partial charge in [0, 0.05) is 18.5 Å². The molecule has 1 aromatic rings. The maximum atomic E-state index is 12.4. The molecule has 114 valence electrons. The number of hydrogen-bond donors (Lipinski definition) is 1. The van der Waals surface area contributed by atoms with E-state index in [1.807, 2.05) is 24.3 Å². The summed E-state index contributed by atoms with van der Waals surface area (Å²) in [5, 5.41) is 0. The van der Waals surface area contributed by atoms with Gasteiger partial charge in [-0.05, 0) is 30.5 Å². The van der Waals surface area contributed by atoms with Crippen molar-refractivity contribution in [2.24, 2.45) is 5.73 Å². The van der Waals surface area contributed by atoms with Crippen molar-refractivity contribution in [3.05, 3.63) is 29.8 Å². The van der Waals surface area contributed by atoms with E-state index in [-0.39, 0.29) is 18.0 Å². The third kappa shape index (κ3) is 2.77. The topological polar surface area (TPSA) is 55.6 Å². The molecule has 2 fully saturated rings. The lowest BCUT2D eigenvalue weighted by Crippen LogP contribution is -2.41. The van der Waals surface area contributed by atoms with E-state index in [1.165, 1.54) is 19.3 Å². The predicted molar refractivity (Wildman–Crippen MR) is 82.0 cm³/mol. The van der Waals surface area contributed by atoms with Gasteiger partial charge in [0.25, 0.3) is 0 Å². The van der Waals surface area contributed by atoms with Crippen molar-refractivity contribution in [1.82, 2.24) is 4.90 Å². The molecule has 1 saturated carbocycles. The second kappa shape index (κ2) is 6.06. The van der Waals surface area contributed by atoms with Gasteiger partial charge in [-0.1, -0.05) is 31.4 Å². The first-order valence-electron chi connectivity index (χ1n) is 7.91. The Labute approximate surface area is 126 Å². The number of methoxy groups -OCH3 is 1. The Morgan fingerprint density at radius 2 is 1.81 bits per heavy atom. The van der Waals surface area contributed by atoms with Gasteiger partial charge in [-0.3, -0.25) is 4.79 Å². The highest BCUT2D eigenvalue weighted by molar-refractivity contribution is 5.80. The third-order valence-corrected chi connectivity index (χ3v) is 4.83. The van der Waals surface area contributed by atoms with Gasteiger partial charge in [-0.2, -0.15) is 0 Å². The van der Waals surface area contributed by atoms with Gasteiger partial charge in [-0.15, -0.1) is 0 Å². The number of likely N-dealkylation sites (tertiary alicyclic amines) is 1. The van der Waals surface area contributed by atoms with Gasteiger partial charge >= 0.3 is 0 Å². The van der Waals surface area contributed by atoms with E-state index in [0.29, 0.717) is 12.5 Å². The molecule has 1 aliphatic heterocycles. The molecule has 0 spiro atoms. The monoisotopic (exact) mass is 288 g/mol. The molecule has 0 bridgehead atoms. The molecule has 1 aliphatic carbocycles. The maximum Gasteiger partial charge on any atom is 0.225 e. The predicted octanol–water partition coefficient (Wildman–Crippen LogP) is 2.63. The number of benzene rings is 1. The van der Waals surface area contributed by atoms with Crippen LogP contribution in [0.3, 0.4) is 0 Å². The fraction of sp³-hybridized carbons (Fsp3) is 0.588. The minimum absolute atomic E-state index is 0.0199. The molecule has 1 aromatic carbocycles. The summed E-state index contributed by atoms with van der Waals surface area (Å²) in [7, 11) is 1.66. The van der Waals surface area contributed by atoms with Gasteiger partial charge in [0.2, 0.25) is 5.91 Å². The van der Waals surface area contributed by atoms with Crippen molar-refractivity contribution in [2.45, 2.75) is 56.7 Å². The minimum Gasteiger partial charge on any atom is -0.497 e. The zero-order chi connectivity index (χ0) is 14.8. The molecule has 0 radical (unpaired) electrons. The number of rotatable bonds is 3. The van der Waals surface area contributed by atoms with Gasteiger partial charge in [0.05, 0.1) is 13.2 Å². The molecule has 2 aliphatic rings. The first-order chi connectivity index (χ1) is 10.2. The van der Waals surface area contributed by atoms with Crippen LogP contribution in [0.25, 0.3) is 0 Å². The largest absolute Gasteiger partial charge is 0.497 e. The Balaban J connectivity index is 1.86. The fourth-order valence-corrected chi connectivity index (χ4v) is 3.78. The van der Waals surface area contributed by atoms with Crippen LogP contribution in [0.15, 0.2) is 24.3 Å². The Bertz CT molecular complexity index is 494. The number of amides is 1. The van der Waals surface area contributed by atoms with E-state index in [1.54, 1.807) is 7.11 Å². The summed E-state index contributed by atoms with van der Waals surface area (Å²) in [5.41, 5.74) is 7.40. The van der Waals surface area contributed by atoms with E-state index in [9.17, 15) is 4.79 Å². The smallest absolute Gasteiger partial charge is 0.225 e. The minimum atomic E-state index is -0.104. The molecule has 2 N–H and O–H groups in total. The van der Waals surface area contributed by atoms with E-state index < -0.39 is 0 Å². The Hall–Kier alpha value is -1.55. The van der Waals surface area contributed by atoms with Crippen LogP contribution in [0.4, 0.5) is 0 Å². The summed E-state index contributed by atoms with van der Waals surface area (Å²) in [4.78, 5) is 14.5. The first-order valence-corrected chi connectivity index (χ1v) is 7.91. The SMILES string of the molecule is COc1ccc(C2C(N)CC(=O)N2C2CCCCC2)cc1. The average molecular weight is 288 g/mol. The molecule has 2 atom stereocenters. The zero-order valence-electron chi connectivity index (χ0n) is 12.6. The molecule has 1 saturated heterocycles. The lowest BCUT2D eigenvalue weighted by Gasteiger charge is -2.37. The van der Waals surface area contributed by atoms with Gasteiger partial charge < -0.3 is 15.4 Å². The third-order valence-electron chi connectivity index (χ3n) is 4.83. The summed E-state index contributed by atoms with van der Waals surface area (Å²) in [6.45, 7) is 0. The summed E-state index contributed by atoms with van der Waals surface area (Å²) in [5.74, 6) is 1.05. The van der Waals surface area contributed by atoms with Crippen LogP contribution in [0.5, 0.6) is 5.75 Å². The lowest BCUT2D eigenvalue weighted by atomic mass is 9.92. The zero-order valence-corrected chi connectivity index (χ0v) is 12.6. The molecule has 3 rings (SSSR count). The van der Waals surface area contributed by atoms with Crippen molar-refractivity contribution >= 4 is 5.91 Å². The summed E-state index contributed by atoms with van der Waals surface area (Å²) in [6.07, 6.45) is 6.43. The van der Waals surface area contributed by atoms with Crippen LogP contribution >= 0.6 is 0 Å². The highest BCUT2D eigenvalue weighted by atomic mass is 16.5. The van der Waals surface area contributed by atoms with Crippen molar-refractivity contribution in [1.29, 1.82) is 0 Å². The second-order valence-electron chi connectivity index (χ2n) is 6.18. The quantitative estimate of drug-likeness (QED) is 0.930. The Morgan fingerprint density at radius 3 is 2.43 bits per heavy atom. The number of nitrogens with zero attached hydrogens (tertiary/aromatic N) is 1.